The third kappa shape index (κ3) is 3.77. The second-order valence-electron chi connectivity index (χ2n) is 5.81. The predicted molar refractivity (Wildman–Crippen MR) is 112 cm³/mol. The van der Waals surface area contributed by atoms with Crippen molar-refractivity contribution >= 4 is 74.5 Å². The number of fused-ring (bicyclic) bond motifs is 1. The van der Waals surface area contributed by atoms with Crippen LogP contribution in [0.25, 0.3) is 17.1 Å². The molecule has 10 heteroatoms. The van der Waals surface area contributed by atoms with E-state index in [4.69, 9.17) is 23.8 Å². The fraction of sp³-hybridized carbons (Fsp3) is 0.0556. The van der Waals surface area contributed by atoms with Gasteiger partial charge in [-0.05, 0) is 46.2 Å². The van der Waals surface area contributed by atoms with Gasteiger partial charge in [0.1, 0.15) is 16.4 Å². The summed E-state index contributed by atoms with van der Waals surface area (Å²) in [6, 6.07) is 12.2. The van der Waals surface area contributed by atoms with Crippen LogP contribution in [0.4, 0.5) is 5.69 Å². The van der Waals surface area contributed by atoms with Gasteiger partial charge in [-0.15, -0.1) is 0 Å². The number of thiocarbonyl (C=S) groups is 1. The zero-order valence-electron chi connectivity index (χ0n) is 14.1. The minimum Gasteiger partial charge on any atom is -0.322 e. The monoisotopic (exact) mass is 430 g/mol. The van der Waals surface area contributed by atoms with Gasteiger partial charge in [0.25, 0.3) is 5.91 Å². The number of rotatable bonds is 4. The number of carbonyl (C=O) groups excluding carboxylic acids is 2. The number of benzene rings is 2. The van der Waals surface area contributed by atoms with E-state index in [0.29, 0.717) is 31.0 Å². The van der Waals surface area contributed by atoms with Crippen LogP contribution >= 0.6 is 35.6 Å². The van der Waals surface area contributed by atoms with E-state index in [1.807, 2.05) is 0 Å². The molecule has 1 aliphatic rings. The Morgan fingerprint density at radius 1 is 1.25 bits per heavy atom. The molecule has 140 valence electrons. The second-order valence-corrected chi connectivity index (χ2v) is 7.92. The molecule has 1 aromatic heterocycles. The van der Waals surface area contributed by atoms with Gasteiger partial charge in [-0.25, -0.2) is 4.63 Å². The first kappa shape index (κ1) is 18.6. The van der Waals surface area contributed by atoms with Crippen LogP contribution < -0.4 is 5.32 Å². The Bertz CT molecular complexity index is 1130. The van der Waals surface area contributed by atoms with Crippen LogP contribution in [0, 0.1) is 0 Å². The van der Waals surface area contributed by atoms with Gasteiger partial charge in [-0.1, -0.05) is 53.8 Å². The number of hydrogen-bond donors (Lipinski definition) is 1. The molecule has 1 saturated heterocycles. The third-order valence-electron chi connectivity index (χ3n) is 3.90. The first-order valence-corrected chi connectivity index (χ1v) is 9.63. The summed E-state index contributed by atoms with van der Waals surface area (Å²) in [4.78, 5) is 26.8. The van der Waals surface area contributed by atoms with Crippen molar-refractivity contribution < 1.29 is 14.2 Å². The smallest absolute Gasteiger partial charge is 0.266 e. The fourth-order valence-electron chi connectivity index (χ4n) is 2.59. The lowest BCUT2D eigenvalue weighted by molar-refractivity contribution is -0.126. The lowest BCUT2D eigenvalue weighted by Gasteiger charge is -2.14. The molecule has 0 aliphatic carbocycles. The van der Waals surface area contributed by atoms with Crippen molar-refractivity contribution in [1.29, 1.82) is 0 Å². The number of carbonyl (C=O) groups is 2. The molecule has 0 atom stereocenters. The number of anilines is 1. The SMILES string of the molecule is O=C(CN1C(=O)/C(=C/c2ccc(Cl)cc2)SC1=S)Nc1cccc2nonc12. The highest BCUT2D eigenvalue weighted by atomic mass is 35.5. The molecule has 3 aromatic rings. The molecular weight excluding hydrogens is 420 g/mol. The lowest BCUT2D eigenvalue weighted by atomic mass is 10.2. The Labute approximate surface area is 173 Å². The summed E-state index contributed by atoms with van der Waals surface area (Å²) in [5, 5.41) is 10.8. The normalized spacial score (nSPS) is 15.6. The van der Waals surface area contributed by atoms with Gasteiger partial charge >= 0.3 is 0 Å². The van der Waals surface area contributed by atoms with Crippen LogP contribution in [-0.2, 0) is 9.59 Å². The molecule has 0 spiro atoms. The standard InChI is InChI=1S/C18H11ClN4O3S2/c19-11-6-4-10(5-7-11)8-14-17(25)23(18(27)28-14)9-15(24)20-12-2-1-3-13-16(12)22-26-21-13/h1-8H,9H2,(H,20,24)/b14-8-. The number of amides is 2. The third-order valence-corrected chi connectivity index (χ3v) is 5.53. The van der Waals surface area contributed by atoms with Gasteiger partial charge < -0.3 is 5.32 Å². The Balaban J connectivity index is 1.48. The highest BCUT2D eigenvalue weighted by Gasteiger charge is 2.33. The molecule has 2 amide bonds. The molecule has 1 fully saturated rings. The molecule has 1 N–H and O–H groups in total. The first-order chi connectivity index (χ1) is 13.5. The van der Waals surface area contributed by atoms with Gasteiger partial charge in [-0.2, -0.15) is 0 Å². The summed E-state index contributed by atoms with van der Waals surface area (Å²) in [5.74, 6) is -0.721. The minimum absolute atomic E-state index is 0.204. The van der Waals surface area contributed by atoms with E-state index in [9.17, 15) is 9.59 Å². The Morgan fingerprint density at radius 3 is 2.82 bits per heavy atom. The number of hydrogen-bond acceptors (Lipinski definition) is 7. The number of aromatic nitrogens is 2. The van der Waals surface area contributed by atoms with Gasteiger partial charge in [0.15, 0.2) is 5.52 Å². The van der Waals surface area contributed by atoms with Crippen molar-refractivity contribution in [1.82, 2.24) is 15.2 Å². The van der Waals surface area contributed by atoms with Crippen LogP contribution in [0.2, 0.25) is 5.02 Å². The largest absolute Gasteiger partial charge is 0.322 e. The number of nitrogens with one attached hydrogen (secondary N) is 1. The highest BCUT2D eigenvalue weighted by Crippen LogP contribution is 2.32. The highest BCUT2D eigenvalue weighted by molar-refractivity contribution is 8.26. The quantitative estimate of drug-likeness (QED) is 0.498. The Hall–Kier alpha value is -2.75. The molecule has 0 radical (unpaired) electrons. The summed E-state index contributed by atoms with van der Waals surface area (Å²) >= 11 is 12.3. The zero-order valence-corrected chi connectivity index (χ0v) is 16.5. The molecule has 7 nitrogen and oxygen atoms in total. The lowest BCUT2D eigenvalue weighted by Crippen LogP contribution is -2.36. The number of nitrogens with zero attached hydrogens (tertiary/aromatic N) is 3. The van der Waals surface area contributed by atoms with E-state index in [2.05, 4.69) is 20.3 Å². The predicted octanol–water partition coefficient (Wildman–Crippen LogP) is 3.72. The summed E-state index contributed by atoms with van der Waals surface area (Å²) in [6.07, 6.45) is 1.72. The van der Waals surface area contributed by atoms with E-state index in [1.165, 1.54) is 4.90 Å². The summed E-state index contributed by atoms with van der Waals surface area (Å²) < 4.78 is 5.00. The van der Waals surface area contributed by atoms with Gasteiger partial charge in [0.2, 0.25) is 5.91 Å². The average molecular weight is 431 g/mol. The van der Waals surface area contributed by atoms with Gasteiger partial charge in [-0.3, -0.25) is 14.5 Å². The molecule has 28 heavy (non-hydrogen) atoms. The topological polar surface area (TPSA) is 88.3 Å². The summed E-state index contributed by atoms with van der Waals surface area (Å²) in [5.41, 5.74) is 2.23. The molecule has 0 bridgehead atoms. The average Bonchev–Trinajstić information content (AvgIpc) is 3.25. The van der Waals surface area contributed by atoms with Crippen LogP contribution in [-0.4, -0.2) is 37.9 Å². The summed E-state index contributed by atoms with van der Waals surface area (Å²) in [6.45, 7) is -0.204. The molecule has 1 aliphatic heterocycles. The van der Waals surface area contributed by atoms with E-state index >= 15 is 0 Å². The van der Waals surface area contributed by atoms with Gasteiger partial charge in [0.05, 0.1) is 10.6 Å². The molecule has 0 saturated carbocycles. The van der Waals surface area contributed by atoms with Crippen molar-refractivity contribution in [3.8, 4) is 0 Å². The minimum atomic E-state index is -0.403. The van der Waals surface area contributed by atoms with Crippen LogP contribution in [0.5, 0.6) is 0 Å². The van der Waals surface area contributed by atoms with Crippen LogP contribution in [0.1, 0.15) is 5.56 Å². The Morgan fingerprint density at radius 2 is 2.04 bits per heavy atom. The first-order valence-electron chi connectivity index (χ1n) is 8.03. The van der Waals surface area contributed by atoms with Crippen molar-refractivity contribution in [3.05, 3.63) is 58.0 Å². The van der Waals surface area contributed by atoms with Crippen LogP contribution in [0.3, 0.4) is 0 Å². The second kappa shape index (κ2) is 7.70. The maximum Gasteiger partial charge on any atom is 0.266 e. The molecular formula is C18H11ClN4O3S2. The molecule has 0 unspecified atom stereocenters. The van der Waals surface area contributed by atoms with Crippen molar-refractivity contribution in [3.63, 3.8) is 0 Å². The zero-order chi connectivity index (χ0) is 19.7. The molecule has 2 heterocycles. The molecule has 2 aromatic carbocycles. The van der Waals surface area contributed by atoms with E-state index < -0.39 is 5.91 Å². The fourth-order valence-corrected chi connectivity index (χ4v) is 3.97. The van der Waals surface area contributed by atoms with Crippen molar-refractivity contribution in [2.45, 2.75) is 0 Å². The van der Waals surface area contributed by atoms with Crippen molar-refractivity contribution in [2.75, 3.05) is 11.9 Å². The summed E-state index contributed by atoms with van der Waals surface area (Å²) in [7, 11) is 0. The van der Waals surface area contributed by atoms with E-state index in [0.717, 1.165) is 17.3 Å². The maximum absolute atomic E-state index is 12.7. The van der Waals surface area contributed by atoms with Crippen molar-refractivity contribution in [2.24, 2.45) is 0 Å². The van der Waals surface area contributed by atoms with E-state index in [-0.39, 0.29) is 12.5 Å². The van der Waals surface area contributed by atoms with Crippen LogP contribution in [0.15, 0.2) is 52.0 Å². The number of halogens is 1. The number of thioether (sulfide) groups is 1. The molecule has 4 rings (SSSR count). The maximum atomic E-state index is 12.7. The van der Waals surface area contributed by atoms with Gasteiger partial charge in [0, 0.05) is 5.02 Å². The Kier molecular flexibility index (Phi) is 5.12. The van der Waals surface area contributed by atoms with E-state index in [1.54, 1.807) is 48.5 Å².